The lowest BCUT2D eigenvalue weighted by molar-refractivity contribution is -0.130. The van der Waals surface area contributed by atoms with Crippen LogP contribution >= 0.6 is 15.9 Å². The van der Waals surface area contributed by atoms with Gasteiger partial charge in [0.25, 0.3) is 0 Å². The molecule has 0 saturated carbocycles. The Bertz CT molecular complexity index is 477. The minimum absolute atomic E-state index is 0.0515. The van der Waals surface area contributed by atoms with Crippen molar-refractivity contribution in [1.29, 1.82) is 0 Å². The van der Waals surface area contributed by atoms with E-state index < -0.39 is 0 Å². The van der Waals surface area contributed by atoms with E-state index in [0.717, 1.165) is 29.5 Å². The van der Waals surface area contributed by atoms with Crippen molar-refractivity contribution in [3.63, 3.8) is 0 Å². The van der Waals surface area contributed by atoms with Crippen LogP contribution in [0.5, 0.6) is 0 Å². The number of amides is 2. The van der Waals surface area contributed by atoms with Crippen molar-refractivity contribution in [1.82, 2.24) is 4.90 Å². The molecule has 0 spiro atoms. The first-order valence-corrected chi connectivity index (χ1v) is 7.53. The summed E-state index contributed by atoms with van der Waals surface area (Å²) < 4.78 is 0.805. The number of nitrogens with zero attached hydrogens (tertiary/aromatic N) is 2. The number of carbonyl (C=O) groups excluding carboxylic acids is 2. The van der Waals surface area contributed by atoms with Crippen LogP contribution in [0, 0.1) is 0 Å². The number of unbranched alkanes of at least 4 members (excludes halogenated alkanes) is 1. The molecule has 0 saturated heterocycles. The summed E-state index contributed by atoms with van der Waals surface area (Å²) in [7, 11) is 1.77. The van der Waals surface area contributed by atoms with Crippen LogP contribution in [0.2, 0.25) is 0 Å². The Labute approximate surface area is 128 Å². The van der Waals surface area contributed by atoms with Gasteiger partial charge in [-0.05, 0) is 34.5 Å². The van der Waals surface area contributed by atoms with E-state index in [4.69, 9.17) is 0 Å². The summed E-state index contributed by atoms with van der Waals surface area (Å²) in [4.78, 5) is 27.1. The molecule has 2 amide bonds. The number of likely N-dealkylation sites (N-methyl/N-ethyl adjacent to an activating group) is 1. The van der Waals surface area contributed by atoms with Gasteiger partial charge in [0.2, 0.25) is 11.8 Å². The van der Waals surface area contributed by atoms with Gasteiger partial charge >= 0.3 is 0 Å². The van der Waals surface area contributed by atoms with Crippen LogP contribution in [-0.4, -0.2) is 36.9 Å². The van der Waals surface area contributed by atoms with Crippen LogP contribution < -0.4 is 4.90 Å². The van der Waals surface area contributed by atoms with Crippen LogP contribution in [0.4, 0.5) is 5.69 Å². The fourth-order valence-electron chi connectivity index (χ4n) is 1.81. The maximum Gasteiger partial charge on any atom is 0.242 e. The van der Waals surface area contributed by atoms with Gasteiger partial charge < -0.3 is 9.80 Å². The van der Waals surface area contributed by atoms with Crippen molar-refractivity contribution >= 4 is 33.4 Å². The highest BCUT2D eigenvalue weighted by atomic mass is 79.9. The van der Waals surface area contributed by atoms with Crippen molar-refractivity contribution in [2.24, 2.45) is 0 Å². The topological polar surface area (TPSA) is 40.6 Å². The number of anilines is 1. The number of para-hydroxylation sites is 1. The Hall–Kier alpha value is -1.36. The van der Waals surface area contributed by atoms with Gasteiger partial charge in [0, 0.05) is 25.0 Å². The second-order valence-electron chi connectivity index (χ2n) is 4.73. The Morgan fingerprint density at radius 2 is 1.90 bits per heavy atom. The molecule has 0 aliphatic heterocycles. The van der Waals surface area contributed by atoms with Gasteiger partial charge in [0.15, 0.2) is 0 Å². The van der Waals surface area contributed by atoms with E-state index in [1.165, 1.54) is 11.8 Å². The molecule has 1 aromatic carbocycles. The molecule has 1 aromatic rings. The van der Waals surface area contributed by atoms with Gasteiger partial charge in [-0.2, -0.15) is 0 Å². The number of benzene rings is 1. The van der Waals surface area contributed by atoms with E-state index in [1.807, 2.05) is 24.3 Å². The summed E-state index contributed by atoms with van der Waals surface area (Å²) in [5.74, 6) is -0.196. The number of halogens is 1. The molecule has 0 aromatic heterocycles. The third-order valence-corrected chi connectivity index (χ3v) is 3.76. The fourth-order valence-corrected chi connectivity index (χ4v) is 2.31. The van der Waals surface area contributed by atoms with Gasteiger partial charge in [-0.3, -0.25) is 9.59 Å². The van der Waals surface area contributed by atoms with E-state index >= 15 is 0 Å². The van der Waals surface area contributed by atoms with E-state index in [1.54, 1.807) is 11.9 Å². The Balaban J connectivity index is 2.81. The van der Waals surface area contributed by atoms with E-state index in [2.05, 4.69) is 22.9 Å². The molecule has 0 N–H and O–H groups in total. The first kappa shape index (κ1) is 16.7. The van der Waals surface area contributed by atoms with Crippen LogP contribution in [0.3, 0.4) is 0 Å². The second kappa shape index (κ2) is 8.04. The third kappa shape index (κ3) is 4.63. The van der Waals surface area contributed by atoms with E-state index in [-0.39, 0.29) is 18.4 Å². The molecule has 0 bridgehead atoms. The lowest BCUT2D eigenvalue weighted by Crippen LogP contribution is -2.41. The molecular formula is C15H21BrN2O2. The van der Waals surface area contributed by atoms with Crippen molar-refractivity contribution in [3.8, 4) is 0 Å². The summed E-state index contributed by atoms with van der Waals surface area (Å²) in [5.41, 5.74) is 0.720. The first-order chi connectivity index (χ1) is 9.47. The maximum absolute atomic E-state index is 12.2. The van der Waals surface area contributed by atoms with Crippen LogP contribution in [0.1, 0.15) is 26.7 Å². The van der Waals surface area contributed by atoms with Crippen molar-refractivity contribution in [2.45, 2.75) is 26.7 Å². The van der Waals surface area contributed by atoms with Gasteiger partial charge in [0.05, 0.1) is 5.69 Å². The quantitative estimate of drug-likeness (QED) is 0.798. The molecule has 0 aliphatic carbocycles. The highest BCUT2D eigenvalue weighted by Gasteiger charge is 2.19. The Morgan fingerprint density at radius 1 is 1.25 bits per heavy atom. The molecule has 0 aliphatic rings. The monoisotopic (exact) mass is 340 g/mol. The number of carbonyl (C=O) groups is 2. The maximum atomic E-state index is 12.2. The molecule has 1 rings (SSSR count). The van der Waals surface area contributed by atoms with Gasteiger partial charge in [-0.1, -0.05) is 25.5 Å². The standard InChI is InChI=1S/C15H21BrN2O2/c1-4-5-10-17(3)15(20)11-18(12(2)19)14-9-7-6-8-13(14)16/h6-9H,4-5,10-11H2,1-3H3. The molecule has 20 heavy (non-hydrogen) atoms. The predicted octanol–water partition coefficient (Wildman–Crippen LogP) is 3.06. The number of rotatable bonds is 6. The average molecular weight is 341 g/mol. The molecule has 0 fully saturated rings. The molecule has 4 nitrogen and oxygen atoms in total. The number of hydrogen-bond acceptors (Lipinski definition) is 2. The lowest BCUT2D eigenvalue weighted by Gasteiger charge is -2.25. The summed E-state index contributed by atoms with van der Waals surface area (Å²) in [6, 6.07) is 7.41. The zero-order chi connectivity index (χ0) is 15.1. The molecule has 5 heteroatoms. The first-order valence-electron chi connectivity index (χ1n) is 6.74. The van der Waals surface area contributed by atoms with E-state index in [0.29, 0.717) is 0 Å². The SMILES string of the molecule is CCCCN(C)C(=O)CN(C(C)=O)c1ccccc1Br. The summed E-state index contributed by atoms with van der Waals surface area (Å²) in [6.45, 7) is 4.34. The van der Waals surface area contributed by atoms with Crippen LogP contribution in [0.15, 0.2) is 28.7 Å². The van der Waals surface area contributed by atoms with Gasteiger partial charge in [-0.15, -0.1) is 0 Å². The zero-order valence-corrected chi connectivity index (χ0v) is 13.8. The Kier molecular flexibility index (Phi) is 6.71. The van der Waals surface area contributed by atoms with Crippen molar-refractivity contribution in [2.75, 3.05) is 25.0 Å². The zero-order valence-electron chi connectivity index (χ0n) is 12.2. The highest BCUT2D eigenvalue weighted by Crippen LogP contribution is 2.25. The minimum Gasteiger partial charge on any atom is -0.344 e. The molecule has 0 radical (unpaired) electrons. The van der Waals surface area contributed by atoms with Crippen LogP contribution in [-0.2, 0) is 9.59 Å². The summed E-state index contributed by atoms with van der Waals surface area (Å²) >= 11 is 3.42. The molecule has 0 heterocycles. The molecule has 110 valence electrons. The average Bonchev–Trinajstić information content (AvgIpc) is 2.42. The van der Waals surface area contributed by atoms with Crippen LogP contribution in [0.25, 0.3) is 0 Å². The third-order valence-electron chi connectivity index (χ3n) is 3.09. The fraction of sp³-hybridized carbons (Fsp3) is 0.467. The lowest BCUT2D eigenvalue weighted by atomic mass is 10.2. The largest absolute Gasteiger partial charge is 0.344 e. The van der Waals surface area contributed by atoms with Crippen molar-refractivity contribution in [3.05, 3.63) is 28.7 Å². The van der Waals surface area contributed by atoms with Gasteiger partial charge in [0.1, 0.15) is 6.54 Å². The minimum atomic E-state index is -0.144. The number of hydrogen-bond donors (Lipinski definition) is 0. The summed E-state index contributed by atoms with van der Waals surface area (Å²) in [5, 5.41) is 0. The molecular weight excluding hydrogens is 320 g/mol. The van der Waals surface area contributed by atoms with Gasteiger partial charge in [-0.25, -0.2) is 0 Å². The Morgan fingerprint density at radius 3 is 2.45 bits per heavy atom. The smallest absolute Gasteiger partial charge is 0.242 e. The second-order valence-corrected chi connectivity index (χ2v) is 5.58. The van der Waals surface area contributed by atoms with E-state index in [9.17, 15) is 9.59 Å². The predicted molar refractivity (Wildman–Crippen MR) is 84.7 cm³/mol. The molecule has 0 unspecified atom stereocenters. The normalized spacial score (nSPS) is 10.2. The molecule has 0 atom stereocenters. The highest BCUT2D eigenvalue weighted by molar-refractivity contribution is 9.10. The summed E-state index contributed by atoms with van der Waals surface area (Å²) in [6.07, 6.45) is 2.01. The van der Waals surface area contributed by atoms with Crippen molar-refractivity contribution < 1.29 is 9.59 Å².